The van der Waals surface area contributed by atoms with E-state index in [1.165, 1.54) is 14.2 Å². The van der Waals surface area contributed by atoms with Gasteiger partial charge in [-0.15, -0.1) is 0 Å². The molecule has 0 bridgehead atoms. The highest BCUT2D eigenvalue weighted by Gasteiger charge is 2.21. The number of amides is 3. The number of carbonyl (C=O) groups is 3. The summed E-state index contributed by atoms with van der Waals surface area (Å²) in [7, 11) is 2.76. The molecule has 1 rings (SSSR count). The summed E-state index contributed by atoms with van der Waals surface area (Å²) in [4.78, 5) is 35.9. The van der Waals surface area contributed by atoms with Gasteiger partial charge in [-0.25, -0.2) is 4.79 Å². The lowest BCUT2D eigenvalue weighted by Crippen LogP contribution is -2.45. The molecule has 3 amide bonds. The van der Waals surface area contributed by atoms with Crippen LogP contribution in [0.3, 0.4) is 0 Å². The molecule has 1 unspecified atom stereocenters. The molecule has 21 heavy (non-hydrogen) atoms. The van der Waals surface area contributed by atoms with Gasteiger partial charge in [0, 0.05) is 26.7 Å². The van der Waals surface area contributed by atoms with Crippen LogP contribution in [0.25, 0.3) is 0 Å². The third kappa shape index (κ3) is 7.05. The molecule has 1 aliphatic heterocycles. The fourth-order valence-electron chi connectivity index (χ4n) is 2.09. The molecule has 0 saturated carbocycles. The number of ether oxygens (including phenoxy) is 2. The first-order valence-corrected chi connectivity index (χ1v) is 6.97. The molecule has 2 N–H and O–H groups in total. The van der Waals surface area contributed by atoms with Gasteiger partial charge >= 0.3 is 12.0 Å². The standard InChI is InChI=1S/C13H23N3O5/c1-14-13(19)15-11(17)9-16(6-5-12(18)20-2)8-10-4-3-7-21-10/h10H,3-9H2,1-2H3,(H2,14,15,17,19). The number of hydrogen-bond acceptors (Lipinski definition) is 6. The summed E-state index contributed by atoms with van der Waals surface area (Å²) in [5.74, 6) is -0.753. The van der Waals surface area contributed by atoms with Crippen molar-refractivity contribution in [2.24, 2.45) is 0 Å². The highest BCUT2D eigenvalue weighted by Crippen LogP contribution is 2.13. The summed E-state index contributed by atoms with van der Waals surface area (Å²) < 4.78 is 10.1. The highest BCUT2D eigenvalue weighted by atomic mass is 16.5. The zero-order valence-corrected chi connectivity index (χ0v) is 12.5. The van der Waals surface area contributed by atoms with Crippen LogP contribution < -0.4 is 10.6 Å². The van der Waals surface area contributed by atoms with Crippen LogP contribution in [0.2, 0.25) is 0 Å². The molecule has 0 aromatic rings. The average molecular weight is 301 g/mol. The van der Waals surface area contributed by atoms with E-state index in [9.17, 15) is 14.4 Å². The summed E-state index contributed by atoms with van der Waals surface area (Å²) in [6.07, 6.45) is 2.19. The molecule has 1 aliphatic rings. The maximum atomic E-state index is 11.7. The summed E-state index contributed by atoms with van der Waals surface area (Å²) in [5.41, 5.74) is 0. The smallest absolute Gasteiger partial charge is 0.321 e. The van der Waals surface area contributed by atoms with Crippen LogP contribution in [0.15, 0.2) is 0 Å². The van der Waals surface area contributed by atoms with Gasteiger partial charge in [0.2, 0.25) is 5.91 Å². The van der Waals surface area contributed by atoms with Crippen LogP contribution in [0, 0.1) is 0 Å². The van der Waals surface area contributed by atoms with E-state index < -0.39 is 11.9 Å². The predicted molar refractivity (Wildman–Crippen MR) is 74.6 cm³/mol. The fourth-order valence-corrected chi connectivity index (χ4v) is 2.09. The van der Waals surface area contributed by atoms with Crippen molar-refractivity contribution >= 4 is 17.9 Å². The third-order valence-corrected chi connectivity index (χ3v) is 3.19. The molecule has 1 atom stereocenters. The Balaban J connectivity index is 2.46. The van der Waals surface area contributed by atoms with Crippen molar-refractivity contribution in [3.05, 3.63) is 0 Å². The lowest BCUT2D eigenvalue weighted by atomic mass is 10.2. The quantitative estimate of drug-likeness (QED) is 0.615. The second-order valence-electron chi connectivity index (χ2n) is 4.82. The maximum Gasteiger partial charge on any atom is 0.321 e. The first-order valence-electron chi connectivity index (χ1n) is 6.97. The number of esters is 1. The van der Waals surface area contributed by atoms with Gasteiger partial charge in [0.05, 0.1) is 26.2 Å². The van der Waals surface area contributed by atoms with Crippen molar-refractivity contribution in [2.75, 3.05) is 40.4 Å². The minimum Gasteiger partial charge on any atom is -0.469 e. The number of rotatable bonds is 7. The molecular weight excluding hydrogens is 278 g/mol. The van der Waals surface area contributed by atoms with Crippen LogP contribution in [0.4, 0.5) is 4.79 Å². The van der Waals surface area contributed by atoms with Gasteiger partial charge in [-0.05, 0) is 12.8 Å². The number of imide groups is 1. The normalized spacial score (nSPS) is 17.6. The van der Waals surface area contributed by atoms with Crippen molar-refractivity contribution in [3.8, 4) is 0 Å². The van der Waals surface area contributed by atoms with Crippen LogP contribution in [0.5, 0.6) is 0 Å². The Kier molecular flexibility index (Phi) is 7.70. The Morgan fingerprint density at radius 3 is 2.71 bits per heavy atom. The number of urea groups is 1. The van der Waals surface area contributed by atoms with Crippen molar-refractivity contribution in [1.82, 2.24) is 15.5 Å². The molecular formula is C13H23N3O5. The highest BCUT2D eigenvalue weighted by molar-refractivity contribution is 5.95. The Hall–Kier alpha value is -1.67. The van der Waals surface area contributed by atoms with Gasteiger partial charge in [0.15, 0.2) is 0 Å². The summed E-state index contributed by atoms with van der Waals surface area (Å²) in [5, 5.41) is 4.51. The number of methoxy groups -OCH3 is 1. The molecule has 120 valence electrons. The number of nitrogens with one attached hydrogen (secondary N) is 2. The maximum absolute atomic E-state index is 11.7. The molecule has 0 spiro atoms. The lowest BCUT2D eigenvalue weighted by Gasteiger charge is -2.24. The number of nitrogens with zero attached hydrogens (tertiary/aromatic N) is 1. The Morgan fingerprint density at radius 1 is 1.38 bits per heavy atom. The van der Waals surface area contributed by atoms with E-state index in [0.717, 1.165) is 19.4 Å². The van der Waals surface area contributed by atoms with Crippen molar-refractivity contribution in [2.45, 2.75) is 25.4 Å². The van der Waals surface area contributed by atoms with Gasteiger partial charge < -0.3 is 14.8 Å². The minimum atomic E-state index is -0.551. The molecule has 1 heterocycles. The minimum absolute atomic E-state index is 0.0320. The van der Waals surface area contributed by atoms with E-state index in [0.29, 0.717) is 13.1 Å². The van der Waals surface area contributed by atoms with Crippen molar-refractivity contribution in [3.63, 3.8) is 0 Å². The van der Waals surface area contributed by atoms with E-state index in [1.807, 2.05) is 0 Å². The molecule has 1 saturated heterocycles. The van der Waals surface area contributed by atoms with E-state index in [-0.39, 0.29) is 25.0 Å². The second kappa shape index (κ2) is 9.30. The van der Waals surface area contributed by atoms with Crippen LogP contribution in [0.1, 0.15) is 19.3 Å². The Bertz CT molecular complexity index is 369. The van der Waals surface area contributed by atoms with E-state index >= 15 is 0 Å². The number of carbonyl (C=O) groups excluding carboxylic acids is 3. The average Bonchev–Trinajstić information content (AvgIpc) is 2.96. The van der Waals surface area contributed by atoms with Crippen LogP contribution in [-0.2, 0) is 19.1 Å². The zero-order chi connectivity index (χ0) is 15.7. The van der Waals surface area contributed by atoms with Gasteiger partial charge in [-0.1, -0.05) is 0 Å². The van der Waals surface area contributed by atoms with Crippen LogP contribution in [-0.4, -0.2) is 69.3 Å². The summed E-state index contributed by atoms with van der Waals surface area (Å²) >= 11 is 0. The van der Waals surface area contributed by atoms with Crippen LogP contribution >= 0.6 is 0 Å². The molecule has 8 nitrogen and oxygen atoms in total. The van der Waals surface area contributed by atoms with Crippen molar-refractivity contribution in [1.29, 1.82) is 0 Å². The lowest BCUT2D eigenvalue weighted by molar-refractivity contribution is -0.141. The predicted octanol–water partition coefficient (Wildman–Crippen LogP) is -0.514. The molecule has 0 radical (unpaired) electrons. The second-order valence-corrected chi connectivity index (χ2v) is 4.82. The molecule has 0 aromatic carbocycles. The van der Waals surface area contributed by atoms with Gasteiger partial charge in [0.25, 0.3) is 0 Å². The van der Waals surface area contributed by atoms with E-state index in [2.05, 4.69) is 15.4 Å². The van der Waals surface area contributed by atoms with Gasteiger partial charge in [-0.2, -0.15) is 0 Å². The summed E-state index contributed by atoms with van der Waals surface area (Å²) in [6, 6.07) is -0.551. The molecule has 0 aromatic heterocycles. The fraction of sp³-hybridized carbons (Fsp3) is 0.769. The SMILES string of the molecule is CNC(=O)NC(=O)CN(CCC(=O)OC)CC1CCCO1. The van der Waals surface area contributed by atoms with E-state index in [1.54, 1.807) is 4.90 Å². The zero-order valence-electron chi connectivity index (χ0n) is 12.5. The van der Waals surface area contributed by atoms with E-state index in [4.69, 9.17) is 4.74 Å². The largest absolute Gasteiger partial charge is 0.469 e. The monoisotopic (exact) mass is 301 g/mol. The Morgan fingerprint density at radius 2 is 2.14 bits per heavy atom. The molecule has 1 fully saturated rings. The molecule has 8 heteroatoms. The topological polar surface area (TPSA) is 97.0 Å². The first-order chi connectivity index (χ1) is 10.0. The molecule has 0 aliphatic carbocycles. The first kappa shape index (κ1) is 17.4. The third-order valence-electron chi connectivity index (χ3n) is 3.19. The number of hydrogen-bond donors (Lipinski definition) is 2. The summed E-state index contributed by atoms with van der Waals surface area (Å²) in [6.45, 7) is 1.69. The van der Waals surface area contributed by atoms with Gasteiger partial charge in [-0.3, -0.25) is 19.8 Å². The van der Waals surface area contributed by atoms with Crippen molar-refractivity contribution < 1.29 is 23.9 Å². The Labute approximate surface area is 124 Å². The van der Waals surface area contributed by atoms with Gasteiger partial charge in [0.1, 0.15) is 0 Å².